The van der Waals surface area contributed by atoms with E-state index in [9.17, 15) is 8.42 Å². The van der Waals surface area contributed by atoms with Crippen LogP contribution in [0.2, 0.25) is 0 Å². The summed E-state index contributed by atoms with van der Waals surface area (Å²) in [5, 5.41) is 8.41. The number of anilines is 1. The molecule has 0 fully saturated rings. The molecule has 0 saturated heterocycles. The Bertz CT molecular complexity index is 515. The van der Waals surface area contributed by atoms with Crippen molar-refractivity contribution in [2.45, 2.75) is 24.2 Å². The van der Waals surface area contributed by atoms with Crippen molar-refractivity contribution in [3.8, 4) is 6.07 Å². The summed E-state index contributed by atoms with van der Waals surface area (Å²) in [7, 11) is -3.28. The summed E-state index contributed by atoms with van der Waals surface area (Å²) in [6.45, 7) is 0. The predicted octanol–water partition coefficient (Wildman–Crippen LogP) is 1.52. The van der Waals surface area contributed by atoms with Crippen LogP contribution < -0.4 is 5.73 Å². The molecule has 86 valence electrons. The summed E-state index contributed by atoms with van der Waals surface area (Å²) in [5.41, 5.74) is 6.76. The maximum absolute atomic E-state index is 11.4. The number of hydrogen-bond donors (Lipinski definition) is 1. The first kappa shape index (κ1) is 12.5. The van der Waals surface area contributed by atoms with E-state index in [0.29, 0.717) is 12.8 Å². The minimum atomic E-state index is -3.28. The molecule has 0 saturated carbocycles. The number of benzene rings is 1. The minimum absolute atomic E-state index is 0.168. The topological polar surface area (TPSA) is 84.0 Å². The van der Waals surface area contributed by atoms with E-state index in [0.717, 1.165) is 18.2 Å². The Morgan fingerprint density at radius 2 is 2.12 bits per heavy atom. The number of aryl methyl sites for hydroxylation is 1. The second-order valence-electron chi connectivity index (χ2n) is 3.66. The van der Waals surface area contributed by atoms with E-state index in [-0.39, 0.29) is 10.6 Å². The number of rotatable bonds is 4. The van der Waals surface area contributed by atoms with Gasteiger partial charge in [-0.05, 0) is 30.5 Å². The molecule has 0 bridgehead atoms. The van der Waals surface area contributed by atoms with E-state index >= 15 is 0 Å². The number of nitrogens with two attached hydrogens (primary N) is 1. The van der Waals surface area contributed by atoms with Crippen molar-refractivity contribution in [1.82, 2.24) is 0 Å². The van der Waals surface area contributed by atoms with Crippen molar-refractivity contribution in [2.24, 2.45) is 0 Å². The predicted molar refractivity (Wildman–Crippen MR) is 62.5 cm³/mol. The summed E-state index contributed by atoms with van der Waals surface area (Å²) in [6.07, 6.45) is 3.02. The fraction of sp³-hybridized carbons (Fsp3) is 0.364. The lowest BCUT2D eigenvalue weighted by atomic mass is 10.1. The molecule has 1 rings (SSSR count). The molecule has 0 amide bonds. The van der Waals surface area contributed by atoms with Crippen LogP contribution in [0.1, 0.15) is 18.4 Å². The molecule has 0 atom stereocenters. The van der Waals surface area contributed by atoms with Gasteiger partial charge in [0.05, 0.1) is 16.7 Å². The molecule has 0 aliphatic carbocycles. The third kappa shape index (κ3) is 3.24. The van der Waals surface area contributed by atoms with Gasteiger partial charge in [0.2, 0.25) is 0 Å². The Hall–Kier alpha value is -1.54. The van der Waals surface area contributed by atoms with Crippen LogP contribution in [0.25, 0.3) is 0 Å². The van der Waals surface area contributed by atoms with Gasteiger partial charge in [-0.15, -0.1) is 0 Å². The Morgan fingerprint density at radius 3 is 2.69 bits per heavy atom. The highest BCUT2D eigenvalue weighted by atomic mass is 32.2. The normalized spacial score (nSPS) is 11.0. The summed E-state index contributed by atoms with van der Waals surface area (Å²) in [5.74, 6) is 0. The van der Waals surface area contributed by atoms with E-state index in [1.165, 1.54) is 0 Å². The lowest BCUT2D eigenvalue weighted by Crippen LogP contribution is -2.03. The Balaban J connectivity index is 2.96. The summed E-state index contributed by atoms with van der Waals surface area (Å²) in [6, 6.07) is 7.02. The van der Waals surface area contributed by atoms with Gasteiger partial charge in [0.1, 0.15) is 0 Å². The molecule has 1 aromatic carbocycles. The van der Waals surface area contributed by atoms with Gasteiger partial charge in [-0.2, -0.15) is 5.26 Å². The first-order valence-electron chi connectivity index (χ1n) is 4.90. The molecular formula is C11H14N2O2S. The molecule has 0 unspecified atom stereocenters. The van der Waals surface area contributed by atoms with Gasteiger partial charge >= 0.3 is 0 Å². The van der Waals surface area contributed by atoms with Crippen molar-refractivity contribution in [3.63, 3.8) is 0 Å². The van der Waals surface area contributed by atoms with Gasteiger partial charge in [-0.25, -0.2) is 8.42 Å². The zero-order chi connectivity index (χ0) is 12.2. The summed E-state index contributed by atoms with van der Waals surface area (Å²) < 4.78 is 22.8. The smallest absolute Gasteiger partial charge is 0.177 e. The molecule has 16 heavy (non-hydrogen) atoms. The molecule has 0 radical (unpaired) electrons. The number of nitrogens with zero attached hydrogens (tertiary/aromatic N) is 1. The first-order chi connectivity index (χ1) is 7.45. The number of unbranched alkanes of at least 4 members (excludes halogenated alkanes) is 1. The Kier molecular flexibility index (Phi) is 3.91. The quantitative estimate of drug-likeness (QED) is 0.636. The van der Waals surface area contributed by atoms with E-state index in [1.54, 1.807) is 18.2 Å². The monoisotopic (exact) mass is 238 g/mol. The zero-order valence-electron chi connectivity index (χ0n) is 9.10. The lowest BCUT2D eigenvalue weighted by molar-refractivity contribution is 0.602. The average molecular weight is 238 g/mol. The third-order valence-corrected chi connectivity index (χ3v) is 3.38. The second kappa shape index (κ2) is 4.99. The van der Waals surface area contributed by atoms with Crippen LogP contribution in [-0.2, 0) is 16.3 Å². The maximum atomic E-state index is 11.4. The number of hydrogen-bond acceptors (Lipinski definition) is 4. The van der Waals surface area contributed by atoms with Gasteiger partial charge in [0.15, 0.2) is 9.84 Å². The molecule has 2 N–H and O–H groups in total. The number of sulfone groups is 1. The van der Waals surface area contributed by atoms with Crippen LogP contribution in [0.3, 0.4) is 0 Å². The minimum Gasteiger partial charge on any atom is -0.398 e. The Morgan fingerprint density at radius 1 is 1.44 bits per heavy atom. The average Bonchev–Trinajstić information content (AvgIpc) is 2.19. The molecule has 1 aromatic rings. The SMILES string of the molecule is CS(=O)(=O)c1cc(CCCC#N)ccc1N. The van der Waals surface area contributed by atoms with Crippen LogP contribution >= 0.6 is 0 Å². The van der Waals surface area contributed by atoms with Gasteiger partial charge in [0.25, 0.3) is 0 Å². The molecule has 0 aliphatic heterocycles. The van der Waals surface area contributed by atoms with Crippen molar-refractivity contribution in [1.29, 1.82) is 5.26 Å². The van der Waals surface area contributed by atoms with Gasteiger partial charge in [0, 0.05) is 12.7 Å². The summed E-state index contributed by atoms with van der Waals surface area (Å²) in [4.78, 5) is 0.168. The second-order valence-corrected chi connectivity index (χ2v) is 5.64. The van der Waals surface area contributed by atoms with Crippen LogP contribution in [0.15, 0.2) is 23.1 Å². The maximum Gasteiger partial charge on any atom is 0.177 e. The van der Waals surface area contributed by atoms with Gasteiger partial charge in [-0.1, -0.05) is 6.07 Å². The zero-order valence-corrected chi connectivity index (χ0v) is 9.92. The van der Waals surface area contributed by atoms with E-state index < -0.39 is 9.84 Å². The first-order valence-corrected chi connectivity index (χ1v) is 6.79. The van der Waals surface area contributed by atoms with Crippen LogP contribution in [-0.4, -0.2) is 14.7 Å². The van der Waals surface area contributed by atoms with Crippen LogP contribution in [0.5, 0.6) is 0 Å². The van der Waals surface area contributed by atoms with Crippen molar-refractivity contribution >= 4 is 15.5 Å². The number of nitrogen functional groups attached to an aromatic ring is 1. The van der Waals surface area contributed by atoms with Gasteiger partial charge < -0.3 is 5.73 Å². The highest BCUT2D eigenvalue weighted by Crippen LogP contribution is 2.20. The van der Waals surface area contributed by atoms with E-state index in [2.05, 4.69) is 6.07 Å². The van der Waals surface area contributed by atoms with Crippen molar-refractivity contribution < 1.29 is 8.42 Å². The third-order valence-electron chi connectivity index (χ3n) is 2.23. The van der Waals surface area contributed by atoms with E-state index in [4.69, 9.17) is 11.0 Å². The molecule has 0 aliphatic rings. The van der Waals surface area contributed by atoms with Crippen molar-refractivity contribution in [3.05, 3.63) is 23.8 Å². The van der Waals surface area contributed by atoms with Gasteiger partial charge in [-0.3, -0.25) is 0 Å². The molecule has 0 aromatic heterocycles. The molecular weight excluding hydrogens is 224 g/mol. The fourth-order valence-electron chi connectivity index (χ4n) is 1.43. The highest BCUT2D eigenvalue weighted by molar-refractivity contribution is 7.90. The largest absolute Gasteiger partial charge is 0.398 e. The summed E-state index contributed by atoms with van der Waals surface area (Å²) >= 11 is 0. The standard InChI is InChI=1S/C11H14N2O2S/c1-16(14,15)11-8-9(4-2-3-7-12)5-6-10(11)13/h5-6,8H,2-4,13H2,1H3. The fourth-order valence-corrected chi connectivity index (χ4v) is 2.29. The van der Waals surface area contributed by atoms with Crippen LogP contribution in [0.4, 0.5) is 5.69 Å². The molecule has 0 heterocycles. The van der Waals surface area contributed by atoms with E-state index in [1.807, 2.05) is 0 Å². The van der Waals surface area contributed by atoms with Crippen LogP contribution in [0, 0.1) is 11.3 Å². The molecule has 0 spiro atoms. The van der Waals surface area contributed by atoms with Crippen molar-refractivity contribution in [2.75, 3.05) is 12.0 Å². The number of nitriles is 1. The molecule has 4 nitrogen and oxygen atoms in total. The lowest BCUT2D eigenvalue weighted by Gasteiger charge is -2.06. The highest BCUT2D eigenvalue weighted by Gasteiger charge is 2.11. The molecule has 5 heteroatoms. The Labute approximate surface area is 95.6 Å².